The first-order valence-corrected chi connectivity index (χ1v) is 7.63. The highest BCUT2D eigenvalue weighted by Crippen LogP contribution is 2.29. The zero-order valence-electron chi connectivity index (χ0n) is 12.3. The molecule has 0 saturated heterocycles. The maximum atomic E-state index is 8.63. The van der Waals surface area contributed by atoms with Gasteiger partial charge in [-0.2, -0.15) is 5.26 Å². The van der Waals surface area contributed by atoms with Crippen molar-refractivity contribution >= 4 is 0 Å². The predicted molar refractivity (Wildman–Crippen MR) is 80.7 cm³/mol. The highest BCUT2D eigenvalue weighted by Gasteiger charge is 2.23. The minimum Gasteiger partial charge on any atom is -0.492 e. The molecule has 0 spiro atoms. The third kappa shape index (κ3) is 5.22. The van der Waals surface area contributed by atoms with Gasteiger partial charge in [-0.05, 0) is 49.4 Å². The summed E-state index contributed by atoms with van der Waals surface area (Å²) in [6.07, 6.45) is 4.48. The second-order valence-electron chi connectivity index (χ2n) is 5.57. The van der Waals surface area contributed by atoms with Crippen molar-refractivity contribution in [1.29, 1.82) is 5.26 Å². The molecule has 1 aromatic rings. The van der Waals surface area contributed by atoms with Gasteiger partial charge in [-0.1, -0.05) is 19.1 Å². The lowest BCUT2D eigenvalue weighted by atomic mass is 10.2. The summed E-state index contributed by atoms with van der Waals surface area (Å²) in [5.74, 6) is 1.83. The van der Waals surface area contributed by atoms with E-state index in [4.69, 9.17) is 10.00 Å². The third-order valence-corrected chi connectivity index (χ3v) is 3.64. The van der Waals surface area contributed by atoms with Crippen molar-refractivity contribution in [3.8, 4) is 11.8 Å². The molecule has 1 fully saturated rings. The molecule has 0 unspecified atom stereocenters. The van der Waals surface area contributed by atoms with Gasteiger partial charge in [-0.25, -0.2) is 0 Å². The Morgan fingerprint density at radius 1 is 1.25 bits per heavy atom. The fourth-order valence-electron chi connectivity index (χ4n) is 2.36. The van der Waals surface area contributed by atoms with Crippen LogP contribution in [0.4, 0.5) is 0 Å². The molecule has 0 N–H and O–H groups in total. The Kier molecular flexibility index (Phi) is 5.88. The number of ether oxygens (including phenoxy) is 1. The number of rotatable bonds is 9. The lowest BCUT2D eigenvalue weighted by molar-refractivity contribution is 0.203. The maximum absolute atomic E-state index is 8.63. The first kappa shape index (κ1) is 14.9. The molecule has 0 atom stereocenters. The molecule has 3 nitrogen and oxygen atoms in total. The Morgan fingerprint density at radius 2 is 2.00 bits per heavy atom. The molecule has 1 aromatic carbocycles. The molecular formula is C17H24N2O. The fraction of sp³-hybridized carbons (Fsp3) is 0.588. The molecular weight excluding hydrogens is 248 g/mol. The highest BCUT2D eigenvalue weighted by molar-refractivity contribution is 5.28. The van der Waals surface area contributed by atoms with Crippen LogP contribution < -0.4 is 4.74 Å². The summed E-state index contributed by atoms with van der Waals surface area (Å²) in [5, 5.41) is 8.63. The largest absolute Gasteiger partial charge is 0.492 e. The SMILES string of the molecule is CCCN(CCOc1ccc(CC#N)cc1)CC1CC1. The molecule has 0 bridgehead atoms. The van der Waals surface area contributed by atoms with E-state index in [-0.39, 0.29) is 0 Å². The van der Waals surface area contributed by atoms with Crippen molar-refractivity contribution in [3.63, 3.8) is 0 Å². The standard InChI is InChI=1S/C17H24N2O/c1-2-11-19(14-16-3-4-16)12-13-20-17-7-5-15(6-8-17)9-10-18/h5-8,16H,2-4,9,11-14H2,1H3. The van der Waals surface area contributed by atoms with Crippen molar-refractivity contribution in [2.24, 2.45) is 5.92 Å². The summed E-state index contributed by atoms with van der Waals surface area (Å²) in [7, 11) is 0. The molecule has 20 heavy (non-hydrogen) atoms. The van der Waals surface area contributed by atoms with Gasteiger partial charge in [-0.15, -0.1) is 0 Å². The topological polar surface area (TPSA) is 36.3 Å². The van der Waals surface area contributed by atoms with Gasteiger partial charge in [0.25, 0.3) is 0 Å². The van der Waals surface area contributed by atoms with Crippen LogP contribution in [0.15, 0.2) is 24.3 Å². The molecule has 0 radical (unpaired) electrons. The van der Waals surface area contributed by atoms with Crippen LogP contribution in [0.3, 0.4) is 0 Å². The number of hydrogen-bond acceptors (Lipinski definition) is 3. The van der Waals surface area contributed by atoms with E-state index in [1.54, 1.807) is 0 Å². The summed E-state index contributed by atoms with van der Waals surface area (Å²) >= 11 is 0. The van der Waals surface area contributed by atoms with Gasteiger partial charge < -0.3 is 4.74 Å². The van der Waals surface area contributed by atoms with Crippen LogP contribution in [0.25, 0.3) is 0 Å². The van der Waals surface area contributed by atoms with Gasteiger partial charge >= 0.3 is 0 Å². The van der Waals surface area contributed by atoms with Crippen molar-refractivity contribution in [2.45, 2.75) is 32.6 Å². The van der Waals surface area contributed by atoms with Crippen LogP contribution in [0, 0.1) is 17.2 Å². The first-order valence-electron chi connectivity index (χ1n) is 7.63. The molecule has 1 saturated carbocycles. The molecule has 1 aliphatic carbocycles. The van der Waals surface area contributed by atoms with Gasteiger partial charge in [0, 0.05) is 13.1 Å². The number of benzene rings is 1. The lowest BCUT2D eigenvalue weighted by Crippen LogP contribution is -2.31. The average molecular weight is 272 g/mol. The van der Waals surface area contributed by atoms with Crippen LogP contribution in [0.1, 0.15) is 31.7 Å². The van der Waals surface area contributed by atoms with Gasteiger partial charge in [0.2, 0.25) is 0 Å². The average Bonchev–Trinajstić information content (AvgIpc) is 3.25. The van der Waals surface area contributed by atoms with Crippen LogP contribution >= 0.6 is 0 Å². The summed E-state index contributed by atoms with van der Waals surface area (Å²) < 4.78 is 5.79. The van der Waals surface area contributed by atoms with Crippen molar-refractivity contribution in [3.05, 3.63) is 29.8 Å². The summed E-state index contributed by atoms with van der Waals surface area (Å²) in [4.78, 5) is 2.52. The molecule has 1 aliphatic rings. The highest BCUT2D eigenvalue weighted by atomic mass is 16.5. The van der Waals surface area contributed by atoms with Crippen LogP contribution in [-0.4, -0.2) is 31.1 Å². The Hall–Kier alpha value is -1.53. The van der Waals surface area contributed by atoms with Crippen LogP contribution in [-0.2, 0) is 6.42 Å². The molecule has 0 aliphatic heterocycles. The normalized spacial score (nSPS) is 14.2. The zero-order valence-corrected chi connectivity index (χ0v) is 12.3. The van der Waals surface area contributed by atoms with Gasteiger partial charge in [-0.3, -0.25) is 4.90 Å². The lowest BCUT2D eigenvalue weighted by Gasteiger charge is -2.21. The quantitative estimate of drug-likeness (QED) is 0.692. The van der Waals surface area contributed by atoms with E-state index >= 15 is 0 Å². The first-order chi connectivity index (χ1) is 9.81. The Balaban J connectivity index is 1.71. The molecule has 2 rings (SSSR count). The zero-order chi connectivity index (χ0) is 14.2. The van der Waals surface area contributed by atoms with Crippen molar-refractivity contribution < 1.29 is 4.74 Å². The molecule has 0 aromatic heterocycles. The Labute approximate surface area is 122 Å². The minimum absolute atomic E-state index is 0.464. The van der Waals surface area contributed by atoms with E-state index < -0.39 is 0 Å². The fourth-order valence-corrected chi connectivity index (χ4v) is 2.36. The van der Waals surface area contributed by atoms with Crippen molar-refractivity contribution in [1.82, 2.24) is 4.90 Å². The molecule has 3 heteroatoms. The van der Waals surface area contributed by atoms with Gasteiger partial charge in [0.05, 0.1) is 12.5 Å². The van der Waals surface area contributed by atoms with Gasteiger partial charge in [0.1, 0.15) is 12.4 Å². The Morgan fingerprint density at radius 3 is 2.60 bits per heavy atom. The van der Waals surface area contributed by atoms with Gasteiger partial charge in [0.15, 0.2) is 0 Å². The van der Waals surface area contributed by atoms with Crippen LogP contribution in [0.5, 0.6) is 5.75 Å². The number of nitriles is 1. The van der Waals surface area contributed by atoms with E-state index in [1.165, 1.54) is 32.4 Å². The second-order valence-corrected chi connectivity index (χ2v) is 5.57. The smallest absolute Gasteiger partial charge is 0.119 e. The number of nitrogens with zero attached hydrogens (tertiary/aromatic N) is 2. The monoisotopic (exact) mass is 272 g/mol. The summed E-state index contributed by atoms with van der Waals surface area (Å²) in [6.45, 7) is 6.38. The molecule has 108 valence electrons. The van der Waals surface area contributed by atoms with Crippen molar-refractivity contribution in [2.75, 3.05) is 26.2 Å². The Bertz CT molecular complexity index is 431. The number of hydrogen-bond donors (Lipinski definition) is 0. The van der Waals surface area contributed by atoms with E-state index in [0.717, 1.165) is 30.4 Å². The molecule has 0 amide bonds. The third-order valence-electron chi connectivity index (χ3n) is 3.64. The summed E-state index contributed by atoms with van der Waals surface area (Å²) in [6, 6.07) is 9.99. The van der Waals surface area contributed by atoms with E-state index in [1.807, 2.05) is 24.3 Å². The van der Waals surface area contributed by atoms with E-state index in [0.29, 0.717) is 6.42 Å². The predicted octanol–water partition coefficient (Wildman–Crippen LogP) is 3.25. The van der Waals surface area contributed by atoms with E-state index in [9.17, 15) is 0 Å². The second kappa shape index (κ2) is 7.91. The minimum atomic E-state index is 0.464. The summed E-state index contributed by atoms with van der Waals surface area (Å²) in [5.41, 5.74) is 1.04. The maximum Gasteiger partial charge on any atom is 0.119 e. The van der Waals surface area contributed by atoms with Crippen LogP contribution in [0.2, 0.25) is 0 Å². The molecule has 0 heterocycles. The van der Waals surface area contributed by atoms with E-state index in [2.05, 4.69) is 17.9 Å².